The molecule has 6 nitrogen and oxygen atoms in total. The van der Waals surface area contributed by atoms with Gasteiger partial charge in [-0.15, -0.1) is 0 Å². The maximum Gasteiger partial charge on any atom is 0.228 e. The highest BCUT2D eigenvalue weighted by Crippen LogP contribution is 2.36. The SMILES string of the molecule is COc1cccc([C@H]2CN(C(=O)C(C)C)C[C@@H]2C(=O)N2CCOCC2)c1. The van der Waals surface area contributed by atoms with E-state index in [1.807, 2.05) is 47.9 Å². The monoisotopic (exact) mass is 360 g/mol. The summed E-state index contributed by atoms with van der Waals surface area (Å²) in [6.45, 7) is 7.27. The molecule has 0 spiro atoms. The van der Waals surface area contributed by atoms with E-state index in [0.29, 0.717) is 39.4 Å². The maximum atomic E-state index is 13.2. The van der Waals surface area contributed by atoms with Crippen molar-refractivity contribution in [2.45, 2.75) is 19.8 Å². The zero-order valence-electron chi connectivity index (χ0n) is 15.8. The molecule has 3 rings (SSSR count). The molecule has 0 N–H and O–H groups in total. The first-order valence-electron chi connectivity index (χ1n) is 9.30. The first-order chi connectivity index (χ1) is 12.5. The summed E-state index contributed by atoms with van der Waals surface area (Å²) >= 11 is 0. The molecule has 0 bridgehead atoms. The standard InChI is InChI=1S/C20H28N2O4/c1-14(2)19(23)22-12-17(15-5-4-6-16(11-15)25-3)18(13-22)20(24)21-7-9-26-10-8-21/h4-6,11,14,17-18H,7-10,12-13H2,1-3H3/t17-,18+/m1/s1. The summed E-state index contributed by atoms with van der Waals surface area (Å²) in [5.74, 6) is 0.702. The highest BCUT2D eigenvalue weighted by molar-refractivity contribution is 5.84. The lowest BCUT2D eigenvalue weighted by Crippen LogP contribution is -2.45. The molecule has 2 aliphatic heterocycles. The highest BCUT2D eigenvalue weighted by Gasteiger charge is 2.42. The molecule has 2 heterocycles. The van der Waals surface area contributed by atoms with Gasteiger partial charge in [-0.2, -0.15) is 0 Å². The van der Waals surface area contributed by atoms with E-state index >= 15 is 0 Å². The third-order valence-electron chi connectivity index (χ3n) is 5.29. The van der Waals surface area contributed by atoms with E-state index in [0.717, 1.165) is 11.3 Å². The van der Waals surface area contributed by atoms with Crippen molar-refractivity contribution in [1.29, 1.82) is 0 Å². The maximum absolute atomic E-state index is 13.2. The van der Waals surface area contributed by atoms with Crippen LogP contribution in [0.3, 0.4) is 0 Å². The third kappa shape index (κ3) is 3.85. The number of carbonyl (C=O) groups is 2. The normalized spacial score (nSPS) is 23.4. The topological polar surface area (TPSA) is 59.1 Å². The van der Waals surface area contributed by atoms with E-state index in [-0.39, 0.29) is 29.6 Å². The largest absolute Gasteiger partial charge is 0.497 e. The van der Waals surface area contributed by atoms with Gasteiger partial charge in [0, 0.05) is 38.0 Å². The van der Waals surface area contributed by atoms with Crippen LogP contribution in [0.2, 0.25) is 0 Å². The van der Waals surface area contributed by atoms with Crippen LogP contribution in [0.1, 0.15) is 25.3 Å². The average Bonchev–Trinajstić information content (AvgIpc) is 3.12. The molecular weight excluding hydrogens is 332 g/mol. The first-order valence-corrected chi connectivity index (χ1v) is 9.30. The van der Waals surface area contributed by atoms with Crippen molar-refractivity contribution in [2.24, 2.45) is 11.8 Å². The number of hydrogen-bond donors (Lipinski definition) is 0. The number of carbonyl (C=O) groups excluding carboxylic acids is 2. The van der Waals surface area contributed by atoms with Crippen molar-refractivity contribution in [3.8, 4) is 5.75 Å². The Kier molecular flexibility index (Phi) is 5.81. The van der Waals surface area contributed by atoms with E-state index in [9.17, 15) is 9.59 Å². The van der Waals surface area contributed by atoms with Gasteiger partial charge in [-0.3, -0.25) is 9.59 Å². The van der Waals surface area contributed by atoms with Gasteiger partial charge in [0.15, 0.2) is 0 Å². The molecule has 2 atom stereocenters. The minimum Gasteiger partial charge on any atom is -0.497 e. The number of amides is 2. The Labute approximate surface area is 155 Å². The molecule has 0 aromatic heterocycles. The van der Waals surface area contributed by atoms with Crippen molar-refractivity contribution in [2.75, 3.05) is 46.5 Å². The Balaban J connectivity index is 1.86. The Morgan fingerprint density at radius 2 is 1.88 bits per heavy atom. The van der Waals surface area contributed by atoms with E-state index in [2.05, 4.69) is 0 Å². The summed E-state index contributed by atoms with van der Waals surface area (Å²) in [6.07, 6.45) is 0. The quantitative estimate of drug-likeness (QED) is 0.821. The van der Waals surface area contributed by atoms with Gasteiger partial charge in [0.2, 0.25) is 11.8 Å². The highest BCUT2D eigenvalue weighted by atomic mass is 16.5. The Hall–Kier alpha value is -2.08. The lowest BCUT2D eigenvalue weighted by Gasteiger charge is -2.31. The number of ether oxygens (including phenoxy) is 2. The molecule has 2 aliphatic rings. The average molecular weight is 360 g/mol. The number of benzene rings is 1. The first kappa shape index (κ1) is 18.7. The molecule has 0 radical (unpaired) electrons. The zero-order chi connectivity index (χ0) is 18.7. The van der Waals surface area contributed by atoms with Gasteiger partial charge < -0.3 is 19.3 Å². The second-order valence-corrected chi connectivity index (χ2v) is 7.33. The van der Waals surface area contributed by atoms with Gasteiger partial charge in [-0.05, 0) is 17.7 Å². The molecule has 2 fully saturated rings. The number of likely N-dealkylation sites (tertiary alicyclic amines) is 1. The summed E-state index contributed by atoms with van der Waals surface area (Å²) < 4.78 is 10.7. The number of morpholine rings is 1. The molecule has 0 saturated carbocycles. The number of hydrogen-bond acceptors (Lipinski definition) is 4. The molecule has 26 heavy (non-hydrogen) atoms. The van der Waals surface area contributed by atoms with Crippen LogP contribution < -0.4 is 4.74 Å². The fourth-order valence-corrected chi connectivity index (χ4v) is 3.83. The number of methoxy groups -OCH3 is 1. The minimum absolute atomic E-state index is 0.0110. The Bertz CT molecular complexity index is 655. The summed E-state index contributed by atoms with van der Waals surface area (Å²) in [7, 11) is 1.64. The van der Waals surface area contributed by atoms with Gasteiger partial charge in [-0.1, -0.05) is 26.0 Å². The van der Waals surface area contributed by atoms with Gasteiger partial charge in [0.1, 0.15) is 5.75 Å². The number of rotatable bonds is 4. The summed E-state index contributed by atoms with van der Waals surface area (Å²) in [5, 5.41) is 0. The molecule has 1 aromatic carbocycles. The fraction of sp³-hybridized carbons (Fsp3) is 0.600. The second-order valence-electron chi connectivity index (χ2n) is 7.33. The number of nitrogens with zero attached hydrogens (tertiary/aromatic N) is 2. The van der Waals surface area contributed by atoms with E-state index in [1.165, 1.54) is 0 Å². The fourth-order valence-electron chi connectivity index (χ4n) is 3.83. The molecule has 0 aliphatic carbocycles. The molecular formula is C20H28N2O4. The molecule has 0 unspecified atom stereocenters. The van der Waals surface area contributed by atoms with Crippen molar-refractivity contribution >= 4 is 11.8 Å². The van der Waals surface area contributed by atoms with Crippen LogP contribution in [0.5, 0.6) is 5.75 Å². The van der Waals surface area contributed by atoms with Crippen LogP contribution in [0.4, 0.5) is 0 Å². The third-order valence-corrected chi connectivity index (χ3v) is 5.29. The molecule has 142 valence electrons. The minimum atomic E-state index is -0.220. The van der Waals surface area contributed by atoms with Crippen LogP contribution in [0.15, 0.2) is 24.3 Å². The van der Waals surface area contributed by atoms with Gasteiger partial charge in [0.05, 0.1) is 26.2 Å². The lowest BCUT2D eigenvalue weighted by atomic mass is 9.87. The van der Waals surface area contributed by atoms with Gasteiger partial charge >= 0.3 is 0 Å². The van der Waals surface area contributed by atoms with E-state index in [1.54, 1.807) is 7.11 Å². The lowest BCUT2D eigenvalue weighted by molar-refractivity contribution is -0.140. The van der Waals surface area contributed by atoms with Crippen molar-refractivity contribution in [3.63, 3.8) is 0 Å². The molecule has 1 aromatic rings. The summed E-state index contributed by atoms with van der Waals surface area (Å²) in [6, 6.07) is 7.84. The Morgan fingerprint density at radius 3 is 2.54 bits per heavy atom. The summed E-state index contributed by atoms with van der Waals surface area (Å²) in [5.41, 5.74) is 1.05. The van der Waals surface area contributed by atoms with E-state index in [4.69, 9.17) is 9.47 Å². The van der Waals surface area contributed by atoms with E-state index < -0.39 is 0 Å². The van der Waals surface area contributed by atoms with Crippen LogP contribution >= 0.6 is 0 Å². The van der Waals surface area contributed by atoms with Crippen LogP contribution in [-0.4, -0.2) is 68.1 Å². The van der Waals surface area contributed by atoms with Gasteiger partial charge in [0.25, 0.3) is 0 Å². The van der Waals surface area contributed by atoms with Crippen molar-refractivity contribution in [1.82, 2.24) is 9.80 Å². The van der Waals surface area contributed by atoms with Crippen LogP contribution in [0, 0.1) is 11.8 Å². The molecule has 2 amide bonds. The van der Waals surface area contributed by atoms with Crippen molar-refractivity contribution < 1.29 is 19.1 Å². The van der Waals surface area contributed by atoms with Crippen LogP contribution in [0.25, 0.3) is 0 Å². The smallest absolute Gasteiger partial charge is 0.228 e. The predicted molar refractivity (Wildman–Crippen MR) is 98.0 cm³/mol. The van der Waals surface area contributed by atoms with Crippen LogP contribution in [-0.2, 0) is 14.3 Å². The van der Waals surface area contributed by atoms with Crippen molar-refractivity contribution in [3.05, 3.63) is 29.8 Å². The Morgan fingerprint density at radius 1 is 1.15 bits per heavy atom. The molecule has 6 heteroatoms. The predicted octanol–water partition coefficient (Wildman–Crippen LogP) is 1.75. The zero-order valence-corrected chi connectivity index (χ0v) is 15.8. The summed E-state index contributed by atoms with van der Waals surface area (Å²) in [4.78, 5) is 29.4. The molecule has 2 saturated heterocycles. The second kappa shape index (κ2) is 8.08. The van der Waals surface area contributed by atoms with Gasteiger partial charge in [-0.25, -0.2) is 0 Å².